The van der Waals surface area contributed by atoms with Crippen LogP contribution in [0.2, 0.25) is 0 Å². The molecule has 0 aliphatic carbocycles. The highest BCUT2D eigenvalue weighted by atomic mass is 32.2. The van der Waals surface area contributed by atoms with Crippen molar-refractivity contribution in [1.29, 1.82) is 0 Å². The Labute approximate surface area is 135 Å². The van der Waals surface area contributed by atoms with Gasteiger partial charge in [-0.2, -0.15) is 4.31 Å². The maximum atomic E-state index is 11.6. The molecule has 1 aromatic carbocycles. The van der Waals surface area contributed by atoms with Crippen LogP contribution in [0.5, 0.6) is 0 Å². The Morgan fingerprint density at radius 3 is 2.38 bits per heavy atom. The number of anilines is 1. The molecule has 0 unspecified atom stereocenters. The van der Waals surface area contributed by atoms with Gasteiger partial charge in [-0.3, -0.25) is 0 Å². The van der Waals surface area contributed by atoms with Gasteiger partial charge in [0, 0.05) is 42.3 Å². The number of benzene rings is 1. The quantitative estimate of drug-likeness (QED) is 0.652. The van der Waals surface area contributed by atoms with Crippen LogP contribution in [0, 0.1) is 0 Å². The van der Waals surface area contributed by atoms with Crippen molar-refractivity contribution in [3.8, 4) is 0 Å². The first kappa shape index (κ1) is 16.5. The Balaban J connectivity index is 2.27. The molecule has 0 atom stereocenters. The van der Waals surface area contributed by atoms with Gasteiger partial charge in [0.2, 0.25) is 10.0 Å². The number of thioether (sulfide) groups is 1. The van der Waals surface area contributed by atoms with E-state index in [1.54, 1.807) is 11.8 Å². The molecule has 2 rings (SSSR count). The molecule has 5 nitrogen and oxygen atoms in total. The van der Waals surface area contributed by atoms with E-state index < -0.39 is 10.0 Å². The largest absolute Gasteiger partial charge is 0.389 e. The van der Waals surface area contributed by atoms with Gasteiger partial charge in [0.25, 0.3) is 0 Å². The highest BCUT2D eigenvalue weighted by molar-refractivity contribution is 7.98. The van der Waals surface area contributed by atoms with Gasteiger partial charge in [-0.05, 0) is 18.4 Å². The second-order valence-electron chi connectivity index (χ2n) is 4.87. The standard InChI is InChI=1S/C13H19N3O2S3/c1-20-11-5-3-4-10(12(11)13(14)19)15-6-8-16(9-7-15)21(2,17)18/h3-5H,6-9H2,1-2H3,(H2,14,19). The number of sulfonamides is 1. The SMILES string of the molecule is CSc1cccc(N2CCN(S(C)(=O)=O)CC2)c1C(N)=S. The van der Waals surface area contributed by atoms with Crippen molar-refractivity contribution in [3.05, 3.63) is 23.8 Å². The molecule has 0 spiro atoms. The van der Waals surface area contributed by atoms with Crippen molar-refractivity contribution in [3.63, 3.8) is 0 Å². The Bertz CT molecular complexity index is 638. The summed E-state index contributed by atoms with van der Waals surface area (Å²) in [7, 11) is -3.12. The van der Waals surface area contributed by atoms with Crippen LogP contribution in [0.25, 0.3) is 0 Å². The van der Waals surface area contributed by atoms with Gasteiger partial charge in [0.15, 0.2) is 0 Å². The van der Waals surface area contributed by atoms with Crippen LogP contribution >= 0.6 is 24.0 Å². The van der Waals surface area contributed by atoms with Crippen molar-refractivity contribution >= 4 is 44.7 Å². The summed E-state index contributed by atoms with van der Waals surface area (Å²) in [5.41, 5.74) is 7.75. The molecule has 1 fully saturated rings. The van der Waals surface area contributed by atoms with Gasteiger partial charge in [-0.25, -0.2) is 8.42 Å². The number of hydrogen-bond acceptors (Lipinski definition) is 5. The predicted octanol–water partition coefficient (Wildman–Crippen LogP) is 1.12. The van der Waals surface area contributed by atoms with Gasteiger partial charge in [-0.15, -0.1) is 11.8 Å². The first-order valence-corrected chi connectivity index (χ1v) is 9.99. The van der Waals surface area contributed by atoms with Crippen molar-refractivity contribution < 1.29 is 8.42 Å². The Morgan fingerprint density at radius 1 is 1.29 bits per heavy atom. The van der Waals surface area contributed by atoms with Crippen molar-refractivity contribution in [2.75, 3.05) is 43.6 Å². The third-order valence-corrected chi connectivity index (χ3v) is 5.81. The second-order valence-corrected chi connectivity index (χ2v) is 8.14. The van der Waals surface area contributed by atoms with Crippen LogP contribution in [-0.4, -0.2) is 56.4 Å². The highest BCUT2D eigenvalue weighted by Gasteiger charge is 2.25. The van der Waals surface area contributed by atoms with E-state index >= 15 is 0 Å². The second kappa shape index (κ2) is 6.51. The molecule has 1 saturated heterocycles. The first-order chi connectivity index (χ1) is 9.84. The summed E-state index contributed by atoms with van der Waals surface area (Å²) in [4.78, 5) is 3.57. The van der Waals surface area contributed by atoms with Crippen LogP contribution in [0.1, 0.15) is 5.56 Å². The lowest BCUT2D eigenvalue weighted by atomic mass is 10.1. The number of rotatable bonds is 4. The molecule has 2 N–H and O–H groups in total. The number of hydrogen-bond donors (Lipinski definition) is 1. The van der Waals surface area contributed by atoms with E-state index in [1.165, 1.54) is 10.6 Å². The molecule has 116 valence electrons. The molecule has 0 bridgehead atoms. The van der Waals surface area contributed by atoms with Gasteiger partial charge in [-0.1, -0.05) is 18.3 Å². The van der Waals surface area contributed by atoms with E-state index in [9.17, 15) is 8.42 Å². The molecule has 1 heterocycles. The first-order valence-electron chi connectivity index (χ1n) is 6.51. The highest BCUT2D eigenvalue weighted by Crippen LogP contribution is 2.30. The Morgan fingerprint density at radius 2 is 1.90 bits per heavy atom. The summed E-state index contributed by atoms with van der Waals surface area (Å²) in [6.07, 6.45) is 3.24. The van der Waals surface area contributed by atoms with E-state index in [2.05, 4.69) is 4.90 Å². The zero-order valence-electron chi connectivity index (χ0n) is 12.1. The predicted molar refractivity (Wildman–Crippen MR) is 92.7 cm³/mol. The van der Waals surface area contributed by atoms with Crippen molar-refractivity contribution in [2.24, 2.45) is 5.73 Å². The molecule has 0 radical (unpaired) electrons. The van der Waals surface area contributed by atoms with Crippen LogP contribution in [0.3, 0.4) is 0 Å². The molecule has 8 heteroatoms. The molecular formula is C13H19N3O2S3. The average molecular weight is 346 g/mol. The summed E-state index contributed by atoms with van der Waals surface area (Å²) in [5, 5.41) is 0. The molecule has 21 heavy (non-hydrogen) atoms. The van der Waals surface area contributed by atoms with E-state index in [0.717, 1.165) is 16.1 Å². The molecule has 1 aromatic rings. The summed E-state index contributed by atoms with van der Waals surface area (Å²) >= 11 is 6.79. The van der Waals surface area contributed by atoms with E-state index in [-0.39, 0.29) is 0 Å². The van der Waals surface area contributed by atoms with Crippen LogP contribution in [0.4, 0.5) is 5.69 Å². The fraction of sp³-hybridized carbons (Fsp3) is 0.462. The fourth-order valence-electron chi connectivity index (χ4n) is 2.46. The third-order valence-electron chi connectivity index (χ3n) is 3.52. The third kappa shape index (κ3) is 3.68. The van der Waals surface area contributed by atoms with Gasteiger partial charge in [0.1, 0.15) is 4.99 Å². The lowest BCUT2D eigenvalue weighted by molar-refractivity contribution is 0.388. The van der Waals surface area contributed by atoms with Crippen LogP contribution in [-0.2, 0) is 10.0 Å². The zero-order valence-corrected chi connectivity index (χ0v) is 14.5. The monoisotopic (exact) mass is 345 g/mol. The summed E-state index contributed by atoms with van der Waals surface area (Å²) < 4.78 is 24.6. The number of piperazine rings is 1. The smallest absolute Gasteiger partial charge is 0.211 e. The Kier molecular flexibility index (Phi) is 5.13. The normalized spacial score (nSPS) is 17.0. The van der Waals surface area contributed by atoms with Crippen LogP contribution < -0.4 is 10.6 Å². The van der Waals surface area contributed by atoms with E-state index in [0.29, 0.717) is 31.2 Å². The van der Waals surface area contributed by atoms with Crippen molar-refractivity contribution in [2.45, 2.75) is 4.90 Å². The van der Waals surface area contributed by atoms with Gasteiger partial charge < -0.3 is 10.6 Å². The minimum atomic E-state index is -3.12. The van der Waals surface area contributed by atoms with Gasteiger partial charge >= 0.3 is 0 Å². The fourth-order valence-corrected chi connectivity index (χ4v) is 4.20. The summed E-state index contributed by atoms with van der Waals surface area (Å²) in [6.45, 7) is 2.25. The number of thiocarbonyl (C=S) groups is 1. The Hall–Kier alpha value is -0.830. The lowest BCUT2D eigenvalue weighted by Crippen LogP contribution is -2.48. The maximum Gasteiger partial charge on any atom is 0.211 e. The van der Waals surface area contributed by atoms with Crippen LogP contribution in [0.15, 0.2) is 23.1 Å². The van der Waals surface area contributed by atoms with Crippen molar-refractivity contribution in [1.82, 2.24) is 4.31 Å². The zero-order chi connectivity index (χ0) is 15.6. The molecule has 0 amide bonds. The lowest BCUT2D eigenvalue weighted by Gasteiger charge is -2.36. The molecule has 0 aromatic heterocycles. The minimum absolute atomic E-state index is 0.375. The number of nitrogens with two attached hydrogens (primary N) is 1. The minimum Gasteiger partial charge on any atom is -0.389 e. The summed E-state index contributed by atoms with van der Waals surface area (Å²) in [5.74, 6) is 0. The summed E-state index contributed by atoms with van der Waals surface area (Å²) in [6, 6.07) is 5.96. The van der Waals surface area contributed by atoms with E-state index in [1.807, 2.05) is 24.5 Å². The van der Waals surface area contributed by atoms with Gasteiger partial charge in [0.05, 0.1) is 6.26 Å². The average Bonchev–Trinajstić information content (AvgIpc) is 2.45. The maximum absolute atomic E-state index is 11.6. The topological polar surface area (TPSA) is 66.6 Å². The molecular weight excluding hydrogens is 326 g/mol. The van der Waals surface area contributed by atoms with E-state index in [4.69, 9.17) is 18.0 Å². The molecule has 0 saturated carbocycles. The number of nitrogens with zero attached hydrogens (tertiary/aromatic N) is 2. The molecule has 1 aliphatic rings. The molecule has 1 aliphatic heterocycles.